The van der Waals surface area contributed by atoms with Crippen LogP contribution in [0.25, 0.3) is 0 Å². The fourth-order valence-corrected chi connectivity index (χ4v) is 8.02. The number of urea groups is 1. The number of imide groups is 1. The SMILES string of the molecule is CCCCCCCCCCCCCCCCCCNC(=O)N(CCCCCCCCCCCCCCCCCC)C(=O)CCCCCCCCCCCC. The molecule has 0 radical (unpaired) electrons. The maximum absolute atomic E-state index is 13.3. The predicted molar refractivity (Wildman–Crippen MR) is 241 cm³/mol. The molecule has 0 aromatic heterocycles. The highest BCUT2D eigenvalue weighted by Crippen LogP contribution is 2.17. The van der Waals surface area contributed by atoms with Crippen LogP contribution in [-0.2, 0) is 4.79 Å². The van der Waals surface area contributed by atoms with Crippen LogP contribution in [0, 0.1) is 0 Å². The van der Waals surface area contributed by atoms with Gasteiger partial charge in [0.25, 0.3) is 0 Å². The van der Waals surface area contributed by atoms with Crippen LogP contribution >= 0.6 is 0 Å². The van der Waals surface area contributed by atoms with Crippen molar-refractivity contribution in [2.45, 2.75) is 297 Å². The van der Waals surface area contributed by atoms with E-state index in [1.807, 2.05) is 0 Å². The summed E-state index contributed by atoms with van der Waals surface area (Å²) < 4.78 is 0. The first-order chi connectivity index (χ1) is 26.7. The Labute approximate surface area is 340 Å². The van der Waals surface area contributed by atoms with Gasteiger partial charge in [0.05, 0.1) is 0 Å². The molecular weight excluding hydrogens is 661 g/mol. The van der Waals surface area contributed by atoms with Gasteiger partial charge in [0.1, 0.15) is 0 Å². The molecule has 322 valence electrons. The second-order valence-corrected chi connectivity index (χ2v) is 17.3. The van der Waals surface area contributed by atoms with E-state index in [9.17, 15) is 9.59 Å². The van der Waals surface area contributed by atoms with Crippen molar-refractivity contribution in [3.8, 4) is 0 Å². The van der Waals surface area contributed by atoms with Crippen LogP contribution in [0.15, 0.2) is 0 Å². The van der Waals surface area contributed by atoms with E-state index in [-0.39, 0.29) is 11.9 Å². The molecule has 0 aliphatic heterocycles. The van der Waals surface area contributed by atoms with Crippen molar-refractivity contribution in [3.05, 3.63) is 0 Å². The Hall–Kier alpha value is -1.06. The largest absolute Gasteiger partial charge is 0.338 e. The van der Waals surface area contributed by atoms with Gasteiger partial charge in [0.2, 0.25) is 5.91 Å². The van der Waals surface area contributed by atoms with Crippen LogP contribution in [0.5, 0.6) is 0 Å². The van der Waals surface area contributed by atoms with E-state index in [2.05, 4.69) is 26.1 Å². The highest BCUT2D eigenvalue weighted by molar-refractivity contribution is 5.94. The van der Waals surface area contributed by atoms with Crippen molar-refractivity contribution in [1.82, 2.24) is 10.2 Å². The van der Waals surface area contributed by atoms with Gasteiger partial charge < -0.3 is 5.32 Å². The van der Waals surface area contributed by atoms with Gasteiger partial charge >= 0.3 is 6.03 Å². The average molecular weight is 761 g/mol. The molecule has 0 heterocycles. The number of carbonyl (C=O) groups is 2. The molecule has 0 spiro atoms. The quantitative estimate of drug-likeness (QED) is 0.0628. The van der Waals surface area contributed by atoms with E-state index in [1.165, 1.54) is 238 Å². The highest BCUT2D eigenvalue weighted by atomic mass is 16.2. The lowest BCUT2D eigenvalue weighted by Crippen LogP contribution is -2.44. The van der Waals surface area contributed by atoms with Gasteiger partial charge in [-0.15, -0.1) is 0 Å². The molecule has 0 rings (SSSR count). The van der Waals surface area contributed by atoms with Gasteiger partial charge in [0.15, 0.2) is 0 Å². The molecule has 0 saturated carbocycles. The first-order valence-corrected chi connectivity index (χ1v) is 25.3. The van der Waals surface area contributed by atoms with Gasteiger partial charge in [-0.1, -0.05) is 271 Å². The molecule has 4 nitrogen and oxygen atoms in total. The van der Waals surface area contributed by atoms with Crippen molar-refractivity contribution in [1.29, 1.82) is 0 Å². The Morgan fingerprint density at radius 3 is 0.852 bits per heavy atom. The van der Waals surface area contributed by atoms with Crippen molar-refractivity contribution >= 4 is 11.9 Å². The number of rotatable bonds is 45. The third-order valence-electron chi connectivity index (χ3n) is 11.8. The molecule has 4 heteroatoms. The number of nitrogens with zero attached hydrogens (tertiary/aromatic N) is 1. The number of hydrogen-bond acceptors (Lipinski definition) is 2. The lowest BCUT2D eigenvalue weighted by atomic mass is 10.0. The second-order valence-electron chi connectivity index (χ2n) is 17.3. The van der Waals surface area contributed by atoms with Crippen LogP contribution in [0.3, 0.4) is 0 Å². The molecule has 0 aliphatic carbocycles. The van der Waals surface area contributed by atoms with E-state index in [4.69, 9.17) is 0 Å². The van der Waals surface area contributed by atoms with Crippen LogP contribution in [0.4, 0.5) is 4.79 Å². The Bertz CT molecular complexity index is 740. The zero-order valence-corrected chi connectivity index (χ0v) is 37.6. The number of hydrogen-bond donors (Lipinski definition) is 1. The monoisotopic (exact) mass is 761 g/mol. The molecule has 0 atom stereocenters. The van der Waals surface area contributed by atoms with Gasteiger partial charge in [-0.3, -0.25) is 9.69 Å². The van der Waals surface area contributed by atoms with Crippen molar-refractivity contribution < 1.29 is 9.59 Å². The number of carbonyl (C=O) groups excluding carboxylic acids is 2. The van der Waals surface area contributed by atoms with E-state index in [0.717, 1.165) is 32.1 Å². The molecule has 0 unspecified atom stereocenters. The molecule has 3 amide bonds. The summed E-state index contributed by atoms with van der Waals surface area (Å²) in [5.74, 6) is 0.0417. The minimum atomic E-state index is -0.144. The molecule has 0 saturated heterocycles. The van der Waals surface area contributed by atoms with Crippen molar-refractivity contribution in [3.63, 3.8) is 0 Å². The summed E-state index contributed by atoms with van der Waals surface area (Å²) in [5, 5.41) is 3.12. The fraction of sp³-hybridized carbons (Fsp3) is 0.960. The zero-order chi connectivity index (χ0) is 39.3. The summed E-state index contributed by atoms with van der Waals surface area (Å²) in [5.41, 5.74) is 0. The third-order valence-corrected chi connectivity index (χ3v) is 11.8. The lowest BCUT2D eigenvalue weighted by Gasteiger charge is -2.21. The number of unbranched alkanes of at least 4 members (excludes halogenated alkanes) is 39. The summed E-state index contributed by atoms with van der Waals surface area (Å²) in [6.45, 7) is 8.13. The number of amides is 3. The van der Waals surface area contributed by atoms with Crippen LogP contribution in [-0.4, -0.2) is 29.9 Å². The Morgan fingerprint density at radius 1 is 0.315 bits per heavy atom. The Balaban J connectivity index is 4.15. The topological polar surface area (TPSA) is 49.4 Å². The molecule has 0 aromatic rings. The zero-order valence-electron chi connectivity index (χ0n) is 37.6. The maximum Gasteiger partial charge on any atom is 0.324 e. The van der Waals surface area contributed by atoms with Gasteiger partial charge in [0, 0.05) is 19.5 Å². The average Bonchev–Trinajstić information content (AvgIpc) is 3.17. The summed E-state index contributed by atoms with van der Waals surface area (Å²) in [6.07, 6.45) is 56.1. The normalized spacial score (nSPS) is 11.4. The minimum absolute atomic E-state index is 0.0417. The third kappa shape index (κ3) is 40.6. The van der Waals surface area contributed by atoms with E-state index in [1.54, 1.807) is 4.90 Å². The molecule has 0 aromatic carbocycles. The van der Waals surface area contributed by atoms with Crippen LogP contribution in [0.2, 0.25) is 0 Å². The standard InChI is InChI=1S/C50H100N2O2/c1-4-7-10-13-16-19-22-24-26-28-30-32-35-38-41-44-47-51-50(54)52(49(53)46-43-40-37-34-21-18-15-12-9-6-3)48-45-42-39-36-33-31-29-27-25-23-20-17-14-11-8-5-2/h4-48H2,1-3H3,(H,51,54). The fourth-order valence-electron chi connectivity index (χ4n) is 8.02. The molecule has 0 aliphatic rings. The second kappa shape index (κ2) is 46.3. The Morgan fingerprint density at radius 2 is 0.556 bits per heavy atom. The summed E-state index contributed by atoms with van der Waals surface area (Å²) in [6, 6.07) is -0.144. The molecule has 54 heavy (non-hydrogen) atoms. The van der Waals surface area contributed by atoms with E-state index < -0.39 is 0 Å². The smallest absolute Gasteiger partial charge is 0.324 e. The predicted octanol–water partition coefficient (Wildman–Crippen LogP) is 17.4. The van der Waals surface area contributed by atoms with Gasteiger partial charge in [-0.25, -0.2) is 4.79 Å². The molecule has 0 fully saturated rings. The first kappa shape index (κ1) is 52.9. The summed E-state index contributed by atoms with van der Waals surface area (Å²) in [4.78, 5) is 28.0. The van der Waals surface area contributed by atoms with E-state index in [0.29, 0.717) is 19.5 Å². The first-order valence-electron chi connectivity index (χ1n) is 25.3. The number of nitrogens with one attached hydrogen (secondary N) is 1. The van der Waals surface area contributed by atoms with Gasteiger partial charge in [-0.2, -0.15) is 0 Å². The van der Waals surface area contributed by atoms with Crippen LogP contribution in [0.1, 0.15) is 297 Å². The van der Waals surface area contributed by atoms with E-state index >= 15 is 0 Å². The summed E-state index contributed by atoms with van der Waals surface area (Å²) in [7, 11) is 0. The van der Waals surface area contributed by atoms with Crippen LogP contribution < -0.4 is 5.32 Å². The Kier molecular flexibility index (Phi) is 45.4. The highest BCUT2D eigenvalue weighted by Gasteiger charge is 2.20. The van der Waals surface area contributed by atoms with Crippen molar-refractivity contribution in [2.75, 3.05) is 13.1 Å². The molecule has 1 N–H and O–H groups in total. The maximum atomic E-state index is 13.3. The minimum Gasteiger partial charge on any atom is -0.338 e. The molecular formula is C50H100N2O2. The van der Waals surface area contributed by atoms with Gasteiger partial charge in [-0.05, 0) is 19.3 Å². The summed E-state index contributed by atoms with van der Waals surface area (Å²) >= 11 is 0. The lowest BCUT2D eigenvalue weighted by molar-refractivity contribution is -0.128. The van der Waals surface area contributed by atoms with Crippen molar-refractivity contribution in [2.24, 2.45) is 0 Å². The molecule has 0 bridgehead atoms.